The molecule has 144 valence electrons. The van der Waals surface area contributed by atoms with E-state index in [2.05, 4.69) is 9.88 Å². The Kier molecular flexibility index (Phi) is 5.55. The van der Waals surface area contributed by atoms with Crippen molar-refractivity contribution in [3.63, 3.8) is 0 Å². The Bertz CT molecular complexity index is 724. The minimum absolute atomic E-state index is 0. The molecule has 0 unspecified atom stereocenters. The summed E-state index contributed by atoms with van der Waals surface area (Å²) in [4.78, 5) is 36.2. The second-order valence-electron chi connectivity index (χ2n) is 7.18. The summed E-state index contributed by atoms with van der Waals surface area (Å²) in [7, 11) is 0. The maximum Gasteiger partial charge on any atom is 0.255 e. The van der Waals surface area contributed by atoms with Gasteiger partial charge < -0.3 is 20.3 Å². The monoisotopic (exact) mass is 383 g/mol. The third-order valence-corrected chi connectivity index (χ3v) is 5.92. The molecular formula is C17H26ClN5O3. The molecule has 2 aliphatic heterocycles. The average Bonchev–Trinajstić information content (AvgIpc) is 3.01. The van der Waals surface area contributed by atoms with Gasteiger partial charge in [0.1, 0.15) is 0 Å². The lowest BCUT2D eigenvalue weighted by atomic mass is 9.76. The van der Waals surface area contributed by atoms with Gasteiger partial charge in [-0.25, -0.2) is 4.98 Å². The second kappa shape index (κ2) is 7.54. The van der Waals surface area contributed by atoms with Crippen molar-refractivity contribution in [1.29, 1.82) is 0 Å². The lowest BCUT2D eigenvalue weighted by Gasteiger charge is -2.39. The largest absolute Gasteiger partial charge is 0.378 e. The van der Waals surface area contributed by atoms with Crippen molar-refractivity contribution in [2.24, 2.45) is 5.73 Å². The Labute approximate surface area is 158 Å². The van der Waals surface area contributed by atoms with E-state index in [9.17, 15) is 9.59 Å². The average molecular weight is 384 g/mol. The van der Waals surface area contributed by atoms with Crippen LogP contribution in [-0.2, 0) is 21.4 Å². The van der Waals surface area contributed by atoms with E-state index < -0.39 is 0 Å². The summed E-state index contributed by atoms with van der Waals surface area (Å²) < 4.78 is 5.39. The lowest BCUT2D eigenvalue weighted by molar-refractivity contribution is -0.131. The van der Waals surface area contributed by atoms with E-state index in [1.807, 2.05) is 4.90 Å². The number of morpholine rings is 1. The number of carbonyl (C=O) groups is 1. The maximum absolute atomic E-state index is 12.6. The maximum atomic E-state index is 12.6. The number of piperidine rings is 1. The summed E-state index contributed by atoms with van der Waals surface area (Å²) >= 11 is 0. The number of rotatable bonds is 2. The third-order valence-electron chi connectivity index (χ3n) is 5.92. The van der Waals surface area contributed by atoms with Crippen LogP contribution in [0.1, 0.15) is 30.5 Å². The van der Waals surface area contributed by atoms with Crippen LogP contribution in [0.4, 0.5) is 5.95 Å². The zero-order valence-corrected chi connectivity index (χ0v) is 15.6. The summed E-state index contributed by atoms with van der Waals surface area (Å²) in [5.41, 5.74) is 7.18. The highest BCUT2D eigenvalue weighted by molar-refractivity contribution is 5.85. The standard InChI is InChI=1S/C17H25N5O3.ClH/c18-11-13(23)21-5-3-17(4-6-21)2-1-12-14(17)19-16(20-15(12)24)22-7-9-25-10-8-22;/h1-11,18H2,(H,19,20,24);1H. The fourth-order valence-electron chi connectivity index (χ4n) is 4.36. The van der Waals surface area contributed by atoms with Crippen molar-refractivity contribution >= 4 is 24.3 Å². The Balaban J connectivity index is 0.00000196. The molecule has 0 saturated carbocycles. The first kappa shape index (κ1) is 19.1. The van der Waals surface area contributed by atoms with Gasteiger partial charge in [0.25, 0.3) is 5.56 Å². The second-order valence-corrected chi connectivity index (χ2v) is 7.18. The molecule has 0 aromatic carbocycles. The molecule has 3 heterocycles. The van der Waals surface area contributed by atoms with Gasteiger partial charge in [-0.3, -0.25) is 14.6 Å². The molecule has 2 fully saturated rings. The van der Waals surface area contributed by atoms with Crippen LogP contribution in [0.2, 0.25) is 0 Å². The number of carbonyl (C=O) groups excluding carboxylic acids is 1. The number of halogens is 1. The van der Waals surface area contributed by atoms with E-state index in [1.54, 1.807) is 0 Å². The highest BCUT2D eigenvalue weighted by atomic mass is 35.5. The van der Waals surface area contributed by atoms with Gasteiger partial charge in [0.05, 0.1) is 25.5 Å². The molecule has 3 N–H and O–H groups in total. The number of nitrogens with zero attached hydrogens (tertiary/aromatic N) is 3. The third kappa shape index (κ3) is 3.21. The molecule has 9 heteroatoms. The molecule has 1 amide bonds. The zero-order chi connectivity index (χ0) is 17.4. The number of H-pyrrole nitrogens is 1. The molecule has 1 spiro atoms. The first-order chi connectivity index (χ1) is 12.1. The van der Waals surface area contributed by atoms with E-state index in [4.69, 9.17) is 15.5 Å². The predicted octanol–water partition coefficient (Wildman–Crippen LogP) is -0.207. The molecule has 26 heavy (non-hydrogen) atoms. The van der Waals surface area contributed by atoms with Crippen LogP contribution < -0.4 is 16.2 Å². The number of hydrogen-bond donors (Lipinski definition) is 2. The van der Waals surface area contributed by atoms with Gasteiger partial charge in [0.15, 0.2) is 0 Å². The van der Waals surface area contributed by atoms with Crippen LogP contribution in [0.3, 0.4) is 0 Å². The number of nitrogens with two attached hydrogens (primary N) is 1. The van der Waals surface area contributed by atoms with Crippen LogP contribution in [0, 0.1) is 0 Å². The number of likely N-dealkylation sites (tertiary alicyclic amines) is 1. The van der Waals surface area contributed by atoms with E-state index in [-0.39, 0.29) is 35.8 Å². The summed E-state index contributed by atoms with van der Waals surface area (Å²) in [5.74, 6) is 0.662. The quantitative estimate of drug-likeness (QED) is 0.732. The molecule has 0 atom stereocenters. The molecule has 4 rings (SSSR count). The van der Waals surface area contributed by atoms with Gasteiger partial charge in [0.2, 0.25) is 11.9 Å². The molecule has 2 saturated heterocycles. The van der Waals surface area contributed by atoms with Gasteiger partial charge >= 0.3 is 0 Å². The Morgan fingerprint density at radius 2 is 1.88 bits per heavy atom. The fourth-order valence-corrected chi connectivity index (χ4v) is 4.36. The molecule has 3 aliphatic rings. The van der Waals surface area contributed by atoms with Gasteiger partial charge in [-0.1, -0.05) is 0 Å². The van der Waals surface area contributed by atoms with Crippen LogP contribution in [0.25, 0.3) is 0 Å². The number of aromatic amines is 1. The molecule has 1 aliphatic carbocycles. The van der Waals surface area contributed by atoms with Gasteiger partial charge in [0, 0.05) is 37.2 Å². The molecule has 1 aromatic heterocycles. The summed E-state index contributed by atoms with van der Waals surface area (Å²) in [6.07, 6.45) is 3.41. The summed E-state index contributed by atoms with van der Waals surface area (Å²) in [6.45, 7) is 4.24. The van der Waals surface area contributed by atoms with E-state index in [1.165, 1.54) is 0 Å². The lowest BCUT2D eigenvalue weighted by Crippen LogP contribution is -2.47. The fraction of sp³-hybridized carbons (Fsp3) is 0.706. The smallest absolute Gasteiger partial charge is 0.255 e. The predicted molar refractivity (Wildman–Crippen MR) is 100 cm³/mol. The Morgan fingerprint density at radius 1 is 1.19 bits per heavy atom. The normalized spacial score (nSPS) is 21.4. The Hall–Kier alpha value is -1.64. The highest BCUT2D eigenvalue weighted by Crippen LogP contribution is 2.44. The number of amides is 1. The number of fused-ring (bicyclic) bond motifs is 2. The van der Waals surface area contributed by atoms with Crippen LogP contribution >= 0.6 is 12.4 Å². The van der Waals surface area contributed by atoms with Gasteiger partial charge in [-0.2, -0.15) is 0 Å². The number of nitrogens with one attached hydrogen (secondary N) is 1. The number of ether oxygens (including phenoxy) is 1. The summed E-state index contributed by atoms with van der Waals surface area (Å²) in [6, 6.07) is 0. The van der Waals surface area contributed by atoms with E-state index in [0.29, 0.717) is 32.3 Å². The zero-order valence-electron chi connectivity index (χ0n) is 14.8. The summed E-state index contributed by atoms with van der Waals surface area (Å²) in [5, 5.41) is 0. The van der Waals surface area contributed by atoms with E-state index >= 15 is 0 Å². The number of anilines is 1. The number of aromatic nitrogens is 2. The van der Waals surface area contributed by atoms with Crippen molar-refractivity contribution in [1.82, 2.24) is 14.9 Å². The molecule has 0 radical (unpaired) electrons. The van der Waals surface area contributed by atoms with Crippen LogP contribution in [0.15, 0.2) is 4.79 Å². The van der Waals surface area contributed by atoms with Gasteiger partial charge in [-0.05, 0) is 25.7 Å². The van der Waals surface area contributed by atoms with E-state index in [0.717, 1.165) is 50.0 Å². The molecule has 8 nitrogen and oxygen atoms in total. The van der Waals surface area contributed by atoms with Crippen LogP contribution in [0.5, 0.6) is 0 Å². The Morgan fingerprint density at radius 3 is 2.54 bits per heavy atom. The SMILES string of the molecule is Cl.NCC(=O)N1CCC2(CCc3c2nc(N2CCOCC2)[nH]c3=O)CC1. The van der Waals surface area contributed by atoms with Crippen LogP contribution in [-0.4, -0.2) is 66.7 Å². The molecule has 0 bridgehead atoms. The first-order valence-electron chi connectivity index (χ1n) is 9.07. The van der Waals surface area contributed by atoms with Crippen molar-refractivity contribution in [2.45, 2.75) is 31.1 Å². The molecular weight excluding hydrogens is 358 g/mol. The number of hydrogen-bond acceptors (Lipinski definition) is 6. The van der Waals surface area contributed by atoms with Crippen molar-refractivity contribution < 1.29 is 9.53 Å². The van der Waals surface area contributed by atoms with Gasteiger partial charge in [-0.15, -0.1) is 12.4 Å². The van der Waals surface area contributed by atoms with Crippen molar-refractivity contribution in [3.8, 4) is 0 Å². The topological polar surface area (TPSA) is 105 Å². The highest BCUT2D eigenvalue weighted by Gasteiger charge is 2.44. The first-order valence-corrected chi connectivity index (χ1v) is 9.07. The minimum atomic E-state index is -0.0734. The molecule has 1 aromatic rings. The van der Waals surface area contributed by atoms with Crippen molar-refractivity contribution in [2.75, 3.05) is 50.8 Å². The minimum Gasteiger partial charge on any atom is -0.378 e. The van der Waals surface area contributed by atoms with Crippen molar-refractivity contribution in [3.05, 3.63) is 21.6 Å².